The largest absolute Gasteiger partial charge is 0.351 e. The number of carbonyl (C=O) groups excluding carboxylic acids is 1. The average Bonchev–Trinajstić information content (AvgIpc) is 3.21. The summed E-state index contributed by atoms with van der Waals surface area (Å²) in [6.45, 7) is 8.80. The van der Waals surface area contributed by atoms with Crippen LogP contribution in [0, 0.1) is 0 Å². The maximum absolute atomic E-state index is 12.6. The Balaban J connectivity index is 1.51. The normalized spacial score (nSPS) is 19.8. The Bertz CT molecular complexity index is 754. The van der Waals surface area contributed by atoms with Gasteiger partial charge in [0.25, 0.3) is 5.91 Å². The highest BCUT2D eigenvalue weighted by molar-refractivity contribution is 7.89. The highest BCUT2D eigenvalue weighted by Gasteiger charge is 2.23. The molecule has 1 aromatic carbocycles. The topological polar surface area (TPSA) is 81.8 Å². The molecule has 2 aliphatic rings. The molecule has 0 spiro atoms. The fourth-order valence-electron chi connectivity index (χ4n) is 3.89. The Kier molecular flexibility index (Phi) is 7.45. The first-order valence-electron chi connectivity index (χ1n) is 10.3. The van der Waals surface area contributed by atoms with Crippen LogP contribution in [0.4, 0.5) is 0 Å². The van der Waals surface area contributed by atoms with Crippen molar-refractivity contribution in [3.8, 4) is 0 Å². The fourth-order valence-corrected chi connectivity index (χ4v) is 5.24. The molecule has 2 N–H and O–H groups in total. The van der Waals surface area contributed by atoms with E-state index < -0.39 is 10.0 Å². The van der Waals surface area contributed by atoms with Crippen molar-refractivity contribution < 1.29 is 13.2 Å². The Morgan fingerprint density at radius 1 is 1.11 bits per heavy atom. The van der Waals surface area contributed by atoms with Crippen LogP contribution >= 0.6 is 0 Å². The molecule has 28 heavy (non-hydrogen) atoms. The minimum absolute atomic E-state index is 0.00987. The van der Waals surface area contributed by atoms with Gasteiger partial charge in [-0.15, -0.1) is 0 Å². The van der Waals surface area contributed by atoms with Gasteiger partial charge in [0.15, 0.2) is 0 Å². The number of amides is 1. The van der Waals surface area contributed by atoms with Crippen LogP contribution in [0.3, 0.4) is 0 Å². The Morgan fingerprint density at radius 2 is 1.79 bits per heavy atom. The summed E-state index contributed by atoms with van der Waals surface area (Å²) < 4.78 is 27.9. The number of sulfonamides is 1. The van der Waals surface area contributed by atoms with E-state index in [1.165, 1.54) is 6.07 Å². The maximum atomic E-state index is 12.6. The van der Waals surface area contributed by atoms with E-state index in [0.29, 0.717) is 12.1 Å². The number of piperazine rings is 1. The second kappa shape index (κ2) is 9.82. The first kappa shape index (κ1) is 21.2. The Morgan fingerprint density at radius 3 is 2.46 bits per heavy atom. The molecule has 156 valence electrons. The van der Waals surface area contributed by atoms with Crippen LogP contribution in [0.1, 0.15) is 43.0 Å². The fraction of sp³-hybridized carbons (Fsp3) is 0.650. The molecule has 1 heterocycles. The number of nitrogens with one attached hydrogen (secondary N) is 2. The maximum Gasteiger partial charge on any atom is 0.251 e. The predicted molar refractivity (Wildman–Crippen MR) is 110 cm³/mol. The molecule has 3 rings (SSSR count). The van der Waals surface area contributed by atoms with Gasteiger partial charge in [0.2, 0.25) is 10.0 Å². The van der Waals surface area contributed by atoms with Gasteiger partial charge in [-0.3, -0.25) is 9.69 Å². The summed E-state index contributed by atoms with van der Waals surface area (Å²) >= 11 is 0. The zero-order chi connectivity index (χ0) is 20.0. The first-order valence-corrected chi connectivity index (χ1v) is 11.8. The van der Waals surface area contributed by atoms with Crippen LogP contribution < -0.4 is 10.0 Å². The number of rotatable bonds is 8. The summed E-state index contributed by atoms with van der Waals surface area (Å²) in [5.41, 5.74) is 0.380. The molecular formula is C20H32N4O3S. The summed E-state index contributed by atoms with van der Waals surface area (Å²) in [7, 11) is -3.59. The third-order valence-corrected chi connectivity index (χ3v) is 7.23. The minimum Gasteiger partial charge on any atom is -0.351 e. The zero-order valence-corrected chi connectivity index (χ0v) is 17.5. The van der Waals surface area contributed by atoms with Gasteiger partial charge in [-0.1, -0.05) is 25.8 Å². The molecular weight excluding hydrogens is 376 g/mol. The lowest BCUT2D eigenvalue weighted by molar-refractivity contribution is 0.0937. The molecule has 1 aromatic rings. The van der Waals surface area contributed by atoms with E-state index in [2.05, 4.69) is 26.8 Å². The van der Waals surface area contributed by atoms with E-state index in [9.17, 15) is 13.2 Å². The minimum atomic E-state index is -3.59. The number of hydrogen-bond donors (Lipinski definition) is 2. The molecule has 1 aliphatic heterocycles. The summed E-state index contributed by atoms with van der Waals surface area (Å²) in [4.78, 5) is 17.4. The number of likely N-dealkylation sites (N-methyl/N-ethyl adjacent to an activating group) is 1. The molecule has 7 nitrogen and oxygen atoms in total. The highest BCUT2D eigenvalue weighted by atomic mass is 32.2. The quantitative estimate of drug-likeness (QED) is 0.677. The van der Waals surface area contributed by atoms with Crippen molar-refractivity contribution in [3.63, 3.8) is 0 Å². The predicted octanol–water partition coefficient (Wildman–Crippen LogP) is 1.27. The molecule has 1 saturated carbocycles. The molecule has 1 amide bonds. The SMILES string of the molecule is CCN1CCN(CCNC(=O)c2cccc(S(=O)(=O)NC3CCCC3)c2)CC1. The molecule has 2 fully saturated rings. The van der Waals surface area contributed by atoms with Crippen LogP contribution in [-0.4, -0.2) is 76.0 Å². The molecule has 1 aliphatic carbocycles. The molecule has 0 bridgehead atoms. The molecule has 8 heteroatoms. The van der Waals surface area contributed by atoms with Crippen LogP contribution in [0.2, 0.25) is 0 Å². The number of hydrogen-bond acceptors (Lipinski definition) is 5. The van der Waals surface area contributed by atoms with Crippen molar-refractivity contribution in [1.29, 1.82) is 0 Å². The van der Waals surface area contributed by atoms with Crippen LogP contribution in [0.15, 0.2) is 29.2 Å². The second-order valence-corrected chi connectivity index (χ2v) is 9.38. The van der Waals surface area contributed by atoms with E-state index in [4.69, 9.17) is 0 Å². The van der Waals surface area contributed by atoms with Crippen molar-refractivity contribution in [2.75, 3.05) is 45.8 Å². The standard InChI is InChI=1S/C20H32N4O3S/c1-2-23-12-14-24(15-13-23)11-10-21-20(25)17-6-5-9-19(16-17)28(26,27)22-18-7-3-4-8-18/h5-6,9,16,18,22H,2-4,7-8,10-15H2,1H3,(H,21,25). The van der Waals surface area contributed by atoms with Crippen LogP contribution in [0.25, 0.3) is 0 Å². The van der Waals surface area contributed by atoms with Gasteiger partial charge in [0.1, 0.15) is 0 Å². The molecule has 0 unspecified atom stereocenters. The number of benzene rings is 1. The summed E-state index contributed by atoms with van der Waals surface area (Å²) in [6.07, 6.45) is 3.88. The van der Waals surface area contributed by atoms with Gasteiger partial charge in [0, 0.05) is 50.9 Å². The van der Waals surface area contributed by atoms with E-state index >= 15 is 0 Å². The highest BCUT2D eigenvalue weighted by Crippen LogP contribution is 2.20. The van der Waals surface area contributed by atoms with Crippen LogP contribution in [0.5, 0.6) is 0 Å². The summed E-state index contributed by atoms with van der Waals surface area (Å²) in [5, 5.41) is 2.91. The van der Waals surface area contributed by atoms with E-state index in [1.807, 2.05) is 0 Å². The van der Waals surface area contributed by atoms with Gasteiger partial charge < -0.3 is 10.2 Å². The zero-order valence-electron chi connectivity index (χ0n) is 16.7. The lowest BCUT2D eigenvalue weighted by Crippen LogP contribution is -2.48. The van der Waals surface area contributed by atoms with E-state index in [-0.39, 0.29) is 16.8 Å². The van der Waals surface area contributed by atoms with Gasteiger partial charge in [-0.05, 0) is 37.6 Å². The van der Waals surface area contributed by atoms with E-state index in [1.54, 1.807) is 18.2 Å². The smallest absolute Gasteiger partial charge is 0.251 e. The van der Waals surface area contributed by atoms with E-state index in [0.717, 1.165) is 65.0 Å². The monoisotopic (exact) mass is 408 g/mol. The second-order valence-electron chi connectivity index (χ2n) is 7.66. The van der Waals surface area contributed by atoms with Crippen molar-refractivity contribution >= 4 is 15.9 Å². The molecule has 1 saturated heterocycles. The van der Waals surface area contributed by atoms with Gasteiger partial charge in [-0.2, -0.15) is 0 Å². The van der Waals surface area contributed by atoms with Gasteiger partial charge in [-0.25, -0.2) is 13.1 Å². The summed E-state index contributed by atoms with van der Waals surface area (Å²) in [5.74, 6) is -0.231. The van der Waals surface area contributed by atoms with Gasteiger partial charge in [0.05, 0.1) is 4.90 Å². The lowest BCUT2D eigenvalue weighted by atomic mass is 10.2. The number of nitrogens with zero attached hydrogens (tertiary/aromatic N) is 2. The van der Waals surface area contributed by atoms with Crippen molar-refractivity contribution in [2.45, 2.75) is 43.5 Å². The van der Waals surface area contributed by atoms with Gasteiger partial charge >= 0.3 is 0 Å². The van der Waals surface area contributed by atoms with Crippen molar-refractivity contribution in [3.05, 3.63) is 29.8 Å². The Hall–Kier alpha value is -1.48. The summed E-state index contributed by atoms with van der Waals surface area (Å²) in [6, 6.07) is 6.30. The Labute approximate surface area is 168 Å². The third-order valence-electron chi connectivity index (χ3n) is 5.71. The first-order chi connectivity index (χ1) is 13.5. The lowest BCUT2D eigenvalue weighted by Gasteiger charge is -2.33. The molecule has 0 atom stereocenters. The molecule has 0 aromatic heterocycles. The van der Waals surface area contributed by atoms with Crippen molar-refractivity contribution in [1.82, 2.24) is 19.8 Å². The molecule has 0 radical (unpaired) electrons. The van der Waals surface area contributed by atoms with Crippen LogP contribution in [-0.2, 0) is 10.0 Å². The average molecular weight is 409 g/mol. The third kappa shape index (κ3) is 5.76. The van der Waals surface area contributed by atoms with Crippen molar-refractivity contribution in [2.24, 2.45) is 0 Å². The number of carbonyl (C=O) groups is 1.